The van der Waals surface area contributed by atoms with Gasteiger partial charge in [-0.1, -0.05) is 38.4 Å². The fourth-order valence-electron chi connectivity index (χ4n) is 1.08. The van der Waals surface area contributed by atoms with Gasteiger partial charge in [0.05, 0.1) is 8.80 Å². The van der Waals surface area contributed by atoms with Crippen molar-refractivity contribution in [3.8, 4) is 0 Å². The maximum atomic E-state index is 2.45. The van der Waals surface area contributed by atoms with Gasteiger partial charge in [-0.25, -0.2) is 0 Å². The van der Waals surface area contributed by atoms with Crippen molar-refractivity contribution < 1.29 is 0 Å². The number of allylic oxidation sites excluding steroid dienone is 1. The lowest BCUT2D eigenvalue weighted by molar-refractivity contribution is 1.06. The first-order chi connectivity index (χ1) is 4.35. The summed E-state index contributed by atoms with van der Waals surface area (Å²) in [5, 5.41) is 0. The Labute approximate surface area is 60.6 Å². The molecule has 0 aliphatic carbocycles. The van der Waals surface area contributed by atoms with Gasteiger partial charge in [0, 0.05) is 0 Å². The van der Waals surface area contributed by atoms with Crippen LogP contribution in [0.5, 0.6) is 0 Å². The Balaban J connectivity index is 3.41. The van der Waals surface area contributed by atoms with Crippen LogP contribution in [0.4, 0.5) is 0 Å². The molecule has 54 valence electrons. The Kier molecular flexibility index (Phi) is 6.05. The zero-order chi connectivity index (χ0) is 7.11. The SMILES string of the molecule is CC=C[SiH](CC)CCC. The van der Waals surface area contributed by atoms with Crippen LogP contribution in [0.15, 0.2) is 11.8 Å². The van der Waals surface area contributed by atoms with Crippen molar-refractivity contribution in [3.63, 3.8) is 0 Å². The second-order valence-corrected chi connectivity index (χ2v) is 5.78. The van der Waals surface area contributed by atoms with Crippen molar-refractivity contribution in [2.75, 3.05) is 0 Å². The van der Waals surface area contributed by atoms with Gasteiger partial charge in [-0.05, 0) is 6.92 Å². The van der Waals surface area contributed by atoms with Gasteiger partial charge < -0.3 is 0 Å². The van der Waals surface area contributed by atoms with E-state index in [2.05, 4.69) is 32.5 Å². The molecule has 0 aliphatic rings. The minimum absolute atomic E-state index is 0.394. The number of hydrogen-bond donors (Lipinski definition) is 0. The third-order valence-electron chi connectivity index (χ3n) is 1.65. The van der Waals surface area contributed by atoms with E-state index in [-0.39, 0.29) is 0 Å². The summed E-state index contributed by atoms with van der Waals surface area (Å²) in [5.41, 5.74) is 2.45. The molecular formula is C8H18Si. The Bertz CT molecular complexity index is 76.6. The van der Waals surface area contributed by atoms with Crippen molar-refractivity contribution in [1.82, 2.24) is 0 Å². The van der Waals surface area contributed by atoms with Crippen LogP contribution in [0.25, 0.3) is 0 Å². The van der Waals surface area contributed by atoms with E-state index >= 15 is 0 Å². The van der Waals surface area contributed by atoms with Gasteiger partial charge in [0.25, 0.3) is 0 Å². The summed E-state index contributed by atoms with van der Waals surface area (Å²) in [5.74, 6) is 0. The fourth-order valence-corrected chi connectivity index (χ4v) is 3.24. The average Bonchev–Trinajstić information content (AvgIpc) is 1.88. The lowest BCUT2D eigenvalue weighted by Gasteiger charge is -2.03. The highest BCUT2D eigenvalue weighted by Crippen LogP contribution is 2.02. The van der Waals surface area contributed by atoms with Crippen LogP contribution in [-0.4, -0.2) is 8.80 Å². The van der Waals surface area contributed by atoms with Crippen molar-refractivity contribution in [1.29, 1.82) is 0 Å². The van der Waals surface area contributed by atoms with E-state index in [4.69, 9.17) is 0 Å². The summed E-state index contributed by atoms with van der Waals surface area (Å²) in [6.07, 6.45) is 3.59. The summed E-state index contributed by atoms with van der Waals surface area (Å²) in [7, 11) is -0.394. The normalized spacial score (nSPS) is 14.6. The molecule has 0 radical (unpaired) electrons. The zero-order valence-electron chi connectivity index (χ0n) is 6.85. The summed E-state index contributed by atoms with van der Waals surface area (Å²) in [6.45, 7) is 6.72. The predicted molar refractivity (Wildman–Crippen MR) is 47.5 cm³/mol. The highest BCUT2D eigenvalue weighted by Gasteiger charge is 1.99. The van der Waals surface area contributed by atoms with Crippen LogP contribution >= 0.6 is 0 Å². The molecule has 0 saturated heterocycles. The van der Waals surface area contributed by atoms with Crippen molar-refractivity contribution >= 4 is 8.80 Å². The molecule has 1 heteroatoms. The van der Waals surface area contributed by atoms with Crippen LogP contribution in [0.1, 0.15) is 27.2 Å². The number of rotatable bonds is 4. The van der Waals surface area contributed by atoms with Gasteiger partial charge in [0.1, 0.15) is 0 Å². The molecule has 0 saturated carbocycles. The minimum Gasteiger partial charge on any atom is -0.102 e. The third-order valence-corrected chi connectivity index (χ3v) is 4.95. The van der Waals surface area contributed by atoms with E-state index in [1.54, 1.807) is 0 Å². The van der Waals surface area contributed by atoms with Crippen LogP contribution < -0.4 is 0 Å². The van der Waals surface area contributed by atoms with E-state index in [1.807, 2.05) is 0 Å². The molecule has 0 spiro atoms. The van der Waals surface area contributed by atoms with E-state index < -0.39 is 8.80 Å². The molecule has 0 aliphatic heterocycles. The van der Waals surface area contributed by atoms with Gasteiger partial charge >= 0.3 is 0 Å². The lowest BCUT2D eigenvalue weighted by Crippen LogP contribution is -2.05. The molecule has 0 aromatic carbocycles. The second kappa shape index (κ2) is 6.08. The van der Waals surface area contributed by atoms with E-state index in [0.29, 0.717) is 0 Å². The summed E-state index contributed by atoms with van der Waals surface area (Å²) in [6, 6.07) is 2.92. The molecular weight excluding hydrogens is 124 g/mol. The van der Waals surface area contributed by atoms with Crippen molar-refractivity contribution in [2.24, 2.45) is 0 Å². The van der Waals surface area contributed by atoms with Gasteiger partial charge in [0.2, 0.25) is 0 Å². The monoisotopic (exact) mass is 142 g/mol. The van der Waals surface area contributed by atoms with Crippen LogP contribution in [0.2, 0.25) is 12.1 Å². The first-order valence-electron chi connectivity index (χ1n) is 3.97. The average molecular weight is 142 g/mol. The molecule has 0 rings (SSSR count). The molecule has 0 fully saturated rings. The van der Waals surface area contributed by atoms with Gasteiger partial charge in [-0.15, -0.1) is 5.70 Å². The van der Waals surface area contributed by atoms with Crippen LogP contribution in [0, 0.1) is 0 Å². The quantitative estimate of drug-likeness (QED) is 0.529. The van der Waals surface area contributed by atoms with Gasteiger partial charge in [-0.2, -0.15) is 0 Å². The first-order valence-corrected chi connectivity index (χ1v) is 6.27. The third kappa shape index (κ3) is 4.46. The largest absolute Gasteiger partial charge is 0.102 e. The highest BCUT2D eigenvalue weighted by molar-refractivity contribution is 6.64. The second-order valence-electron chi connectivity index (χ2n) is 2.48. The summed E-state index contributed by atoms with van der Waals surface area (Å²) < 4.78 is 0. The Morgan fingerprint density at radius 2 is 2.00 bits per heavy atom. The Morgan fingerprint density at radius 3 is 2.33 bits per heavy atom. The molecule has 9 heavy (non-hydrogen) atoms. The molecule has 1 unspecified atom stereocenters. The van der Waals surface area contributed by atoms with Gasteiger partial charge in [0.15, 0.2) is 0 Å². The molecule has 0 aromatic rings. The zero-order valence-corrected chi connectivity index (χ0v) is 8.01. The summed E-state index contributed by atoms with van der Waals surface area (Å²) >= 11 is 0. The Morgan fingerprint density at radius 1 is 1.33 bits per heavy atom. The lowest BCUT2D eigenvalue weighted by atomic mass is 10.6. The maximum absolute atomic E-state index is 2.45. The molecule has 0 aromatic heterocycles. The van der Waals surface area contributed by atoms with Gasteiger partial charge in [-0.3, -0.25) is 0 Å². The molecule has 1 atom stereocenters. The smallest absolute Gasteiger partial charge is 0.0608 e. The molecule has 0 amide bonds. The maximum Gasteiger partial charge on any atom is 0.0608 e. The van der Waals surface area contributed by atoms with Crippen LogP contribution in [-0.2, 0) is 0 Å². The predicted octanol–water partition coefficient (Wildman–Crippen LogP) is 2.76. The topological polar surface area (TPSA) is 0 Å². The van der Waals surface area contributed by atoms with Crippen LogP contribution in [0.3, 0.4) is 0 Å². The van der Waals surface area contributed by atoms with Crippen molar-refractivity contribution in [2.45, 2.75) is 39.3 Å². The molecule has 0 N–H and O–H groups in total. The molecule has 0 heterocycles. The first kappa shape index (κ1) is 8.96. The molecule has 0 nitrogen and oxygen atoms in total. The summed E-state index contributed by atoms with van der Waals surface area (Å²) in [4.78, 5) is 0. The minimum atomic E-state index is -0.394. The Hall–Kier alpha value is -0.0431. The van der Waals surface area contributed by atoms with E-state index in [9.17, 15) is 0 Å². The van der Waals surface area contributed by atoms with E-state index in [1.165, 1.54) is 18.5 Å². The molecule has 0 bridgehead atoms. The number of hydrogen-bond acceptors (Lipinski definition) is 0. The highest BCUT2D eigenvalue weighted by atomic mass is 28.3. The van der Waals surface area contributed by atoms with Crippen molar-refractivity contribution in [3.05, 3.63) is 11.8 Å². The van der Waals surface area contributed by atoms with E-state index in [0.717, 1.165) is 0 Å². The fraction of sp³-hybridized carbons (Fsp3) is 0.750. The standard InChI is InChI=1S/C8H18Si/c1-4-7-9(6-3)8-5-2/h4,7,9H,5-6,8H2,1-3H3.